The summed E-state index contributed by atoms with van der Waals surface area (Å²) in [6.07, 6.45) is 0. The molecule has 1 nitrogen and oxygen atoms in total. The first kappa shape index (κ1) is 29.7. The minimum Gasteiger partial charge on any atom is -0.748 e. The molecule has 2 unspecified atom stereocenters. The average molecular weight is 597 g/mol. The van der Waals surface area contributed by atoms with Gasteiger partial charge in [-0.3, -0.25) is 0 Å². The topological polar surface area (TPSA) is 3.24 Å². The van der Waals surface area contributed by atoms with E-state index in [9.17, 15) is 0 Å². The Bertz CT molecular complexity index is 1460. The third kappa shape index (κ3) is 6.55. The summed E-state index contributed by atoms with van der Waals surface area (Å²) in [6.45, 7) is 2.34. The van der Waals surface area contributed by atoms with Crippen molar-refractivity contribution < 1.29 is 17.1 Å². The molecular weight excluding hydrogens is 564 g/mol. The summed E-state index contributed by atoms with van der Waals surface area (Å²) in [5.74, 6) is 0. The normalized spacial score (nSPS) is 12.0. The molecule has 0 N–H and O–H groups in total. The van der Waals surface area contributed by atoms with Crippen molar-refractivity contribution in [1.82, 2.24) is 0 Å². The summed E-state index contributed by atoms with van der Waals surface area (Å²) < 4.78 is 2.34. The standard InChI is InChI=1S/C31H28NP2.C5H5.Fe/c1-31(25-15-6-2-7-16-25,32(33)26-17-8-3-9-18-26)29-23-14-24-30(29)34(27-19-10-4-11-20-27)28-21-12-5-13-22-28;1-2-4-5-3-1;/h2-24H,33H2,1H3;1-5H;/q-1;-5;. The Morgan fingerprint density at radius 1 is 0.600 bits per heavy atom. The fourth-order valence-electron chi connectivity index (χ4n) is 4.95. The Kier molecular flexibility index (Phi) is 10.7. The molecule has 2 atom stereocenters. The molecule has 0 heterocycles. The third-order valence-corrected chi connectivity index (χ3v) is 10.3. The van der Waals surface area contributed by atoms with Crippen molar-refractivity contribution in [3.05, 3.63) is 181 Å². The Balaban J connectivity index is 0.000000557. The monoisotopic (exact) mass is 597 g/mol. The maximum Gasteiger partial charge on any atom is 0.0470 e. The maximum atomic E-state index is 3.01. The zero-order chi connectivity index (χ0) is 26.9. The van der Waals surface area contributed by atoms with Crippen LogP contribution >= 0.6 is 17.3 Å². The molecule has 0 amide bonds. The molecule has 0 aliphatic rings. The molecule has 0 aliphatic heterocycles. The van der Waals surface area contributed by atoms with Gasteiger partial charge in [-0.15, -0.1) is 10.9 Å². The molecule has 0 fully saturated rings. The Morgan fingerprint density at radius 3 is 1.50 bits per heavy atom. The molecule has 0 bridgehead atoms. The molecular formula is C36H33FeNP2-6. The first-order valence-corrected chi connectivity index (χ1v) is 15.0. The van der Waals surface area contributed by atoms with E-state index in [-0.39, 0.29) is 22.6 Å². The van der Waals surface area contributed by atoms with Crippen molar-refractivity contribution in [2.24, 2.45) is 0 Å². The molecule has 0 aliphatic carbocycles. The van der Waals surface area contributed by atoms with Crippen molar-refractivity contribution in [2.45, 2.75) is 12.5 Å². The smallest absolute Gasteiger partial charge is 0.0470 e. The van der Waals surface area contributed by atoms with Crippen LogP contribution in [-0.4, -0.2) is 0 Å². The van der Waals surface area contributed by atoms with Crippen LogP contribution in [0.2, 0.25) is 0 Å². The number of para-hydroxylation sites is 1. The molecule has 4 heteroatoms. The maximum absolute atomic E-state index is 3.01. The SMILES string of the molecule is CC(c1ccccc1)([c-]1cccc1P(c1ccccc1)c1ccccc1)N(P)c1ccccc1.[Fe].[cH-]1[cH-][cH-][cH-][cH-]1. The summed E-state index contributed by atoms with van der Waals surface area (Å²) in [4.78, 5) is 0. The number of anilines is 1. The molecule has 0 saturated carbocycles. The van der Waals surface area contributed by atoms with E-state index in [1.807, 2.05) is 30.3 Å². The second-order valence-electron chi connectivity index (χ2n) is 9.44. The third-order valence-electron chi connectivity index (χ3n) is 6.99. The number of nitrogens with zero attached hydrogens (tertiary/aromatic N) is 1. The van der Waals surface area contributed by atoms with Crippen LogP contribution in [0.3, 0.4) is 0 Å². The van der Waals surface area contributed by atoms with E-state index in [4.69, 9.17) is 0 Å². The van der Waals surface area contributed by atoms with Gasteiger partial charge in [0.25, 0.3) is 0 Å². The zero-order valence-electron chi connectivity index (χ0n) is 22.5. The number of hydrogen-bond donors (Lipinski definition) is 0. The van der Waals surface area contributed by atoms with Crippen molar-refractivity contribution in [3.8, 4) is 0 Å². The van der Waals surface area contributed by atoms with E-state index in [1.165, 1.54) is 27.0 Å². The molecule has 0 spiro atoms. The van der Waals surface area contributed by atoms with E-state index < -0.39 is 7.92 Å². The van der Waals surface area contributed by atoms with Gasteiger partial charge in [-0.25, -0.2) is 12.1 Å². The van der Waals surface area contributed by atoms with E-state index in [2.05, 4.69) is 161 Å². The van der Waals surface area contributed by atoms with Gasteiger partial charge in [0.2, 0.25) is 0 Å². The molecule has 0 saturated heterocycles. The zero-order valence-corrected chi connectivity index (χ0v) is 25.6. The van der Waals surface area contributed by atoms with Crippen LogP contribution < -0.4 is 20.6 Å². The molecule has 206 valence electrons. The van der Waals surface area contributed by atoms with Crippen LogP contribution in [0.25, 0.3) is 0 Å². The predicted molar refractivity (Wildman–Crippen MR) is 174 cm³/mol. The average Bonchev–Trinajstić information content (AvgIpc) is 3.75. The molecule has 6 aromatic rings. The van der Waals surface area contributed by atoms with Gasteiger partial charge in [-0.1, -0.05) is 109 Å². The summed E-state index contributed by atoms with van der Waals surface area (Å²) in [7, 11) is 2.30. The van der Waals surface area contributed by atoms with E-state index >= 15 is 0 Å². The van der Waals surface area contributed by atoms with Crippen molar-refractivity contribution >= 4 is 38.9 Å². The number of rotatable bonds is 7. The minimum absolute atomic E-state index is 0. The van der Waals surface area contributed by atoms with Crippen LogP contribution in [-0.2, 0) is 22.6 Å². The fourth-order valence-corrected chi connectivity index (χ4v) is 7.98. The Hall–Kier alpha value is -3.24. The quantitative estimate of drug-likeness (QED) is 0.102. The molecule has 40 heavy (non-hydrogen) atoms. The molecule has 0 radical (unpaired) electrons. The Morgan fingerprint density at radius 2 is 1.02 bits per heavy atom. The largest absolute Gasteiger partial charge is 0.748 e. The van der Waals surface area contributed by atoms with Crippen LogP contribution in [0.1, 0.15) is 18.1 Å². The van der Waals surface area contributed by atoms with E-state index in [0.29, 0.717) is 0 Å². The first-order chi connectivity index (χ1) is 19.2. The van der Waals surface area contributed by atoms with Gasteiger partial charge in [0.05, 0.1) is 0 Å². The summed E-state index contributed by atoms with van der Waals surface area (Å²) in [5.41, 5.74) is 3.37. The van der Waals surface area contributed by atoms with E-state index in [0.717, 1.165) is 5.69 Å². The van der Waals surface area contributed by atoms with Gasteiger partial charge in [-0.05, 0) is 52.5 Å². The van der Waals surface area contributed by atoms with Crippen LogP contribution in [0, 0.1) is 0 Å². The van der Waals surface area contributed by atoms with Crippen molar-refractivity contribution in [3.63, 3.8) is 0 Å². The first-order valence-electron chi connectivity index (χ1n) is 13.2. The number of hydrogen-bond acceptors (Lipinski definition) is 1. The minimum atomic E-state index is -0.714. The van der Waals surface area contributed by atoms with Gasteiger partial charge in [0.1, 0.15) is 0 Å². The summed E-state index contributed by atoms with van der Waals surface area (Å²) in [5, 5.41) is 4.12. The van der Waals surface area contributed by atoms with Gasteiger partial charge >= 0.3 is 0 Å². The molecule has 6 rings (SSSR count). The van der Waals surface area contributed by atoms with Gasteiger partial charge in [-0.2, -0.15) is 6.07 Å². The predicted octanol–water partition coefficient (Wildman–Crippen LogP) is 8.13. The number of benzene rings is 4. The summed E-state index contributed by atoms with van der Waals surface area (Å²) in [6, 6.07) is 60.2. The summed E-state index contributed by atoms with van der Waals surface area (Å²) >= 11 is 0. The van der Waals surface area contributed by atoms with Crippen molar-refractivity contribution in [2.75, 3.05) is 4.67 Å². The van der Waals surface area contributed by atoms with Crippen LogP contribution in [0.15, 0.2) is 170 Å². The second-order valence-corrected chi connectivity index (χ2v) is 12.1. The molecule has 6 aromatic carbocycles. The van der Waals surface area contributed by atoms with E-state index in [1.54, 1.807) is 0 Å². The molecule has 0 aromatic heterocycles. The second kappa shape index (κ2) is 14.4. The fraction of sp³-hybridized carbons (Fsp3) is 0.0556. The van der Waals surface area contributed by atoms with Gasteiger partial charge in [0.15, 0.2) is 0 Å². The van der Waals surface area contributed by atoms with Crippen molar-refractivity contribution in [1.29, 1.82) is 0 Å². The van der Waals surface area contributed by atoms with Gasteiger partial charge in [0, 0.05) is 28.3 Å². The van der Waals surface area contributed by atoms with Crippen LogP contribution in [0.5, 0.6) is 0 Å². The van der Waals surface area contributed by atoms with Crippen LogP contribution in [0.4, 0.5) is 5.69 Å². The Labute approximate surface area is 253 Å². The van der Waals surface area contributed by atoms with Gasteiger partial charge < -0.3 is 35.0 Å².